The number of hydrogen-bond acceptors (Lipinski definition) is 4. The maximum Gasteiger partial charge on any atom is 0.252 e. The number of rotatable bonds is 13. The Kier molecular flexibility index (Phi) is 9.79. The zero-order chi connectivity index (χ0) is 26.7. The number of fused-ring (bicyclic) bond motifs is 2. The van der Waals surface area contributed by atoms with Gasteiger partial charge in [0.05, 0.1) is 22.2 Å². The van der Waals surface area contributed by atoms with Crippen molar-refractivity contribution >= 4 is 33.6 Å². The van der Waals surface area contributed by atoms with Crippen molar-refractivity contribution < 1.29 is 9.59 Å². The lowest BCUT2D eigenvalue weighted by Gasteiger charge is -2.17. The van der Waals surface area contributed by atoms with E-state index in [0.29, 0.717) is 35.3 Å². The molecule has 38 heavy (non-hydrogen) atoms. The van der Waals surface area contributed by atoms with Crippen molar-refractivity contribution in [3.05, 3.63) is 72.1 Å². The SMILES string of the molecule is CCCCCCNC(=O)c1c(-c2cnc3ccccc3c2C(=O)NCCCCCC)cnc2ccccc12. The molecule has 0 radical (unpaired) electrons. The van der Waals surface area contributed by atoms with E-state index in [0.717, 1.165) is 73.2 Å². The molecule has 2 N–H and O–H groups in total. The molecular formula is C32H38N4O2. The van der Waals surface area contributed by atoms with Gasteiger partial charge in [-0.2, -0.15) is 0 Å². The number of carbonyl (C=O) groups is 2. The highest BCUT2D eigenvalue weighted by molar-refractivity contribution is 6.16. The number of pyridine rings is 2. The summed E-state index contributed by atoms with van der Waals surface area (Å²) < 4.78 is 0. The quantitative estimate of drug-likeness (QED) is 0.188. The number of aromatic nitrogens is 2. The smallest absolute Gasteiger partial charge is 0.252 e. The first kappa shape index (κ1) is 27.2. The minimum absolute atomic E-state index is 0.158. The average Bonchev–Trinajstić information content (AvgIpc) is 2.95. The number of nitrogens with one attached hydrogen (secondary N) is 2. The van der Waals surface area contributed by atoms with Crippen molar-refractivity contribution in [2.75, 3.05) is 13.1 Å². The van der Waals surface area contributed by atoms with Crippen molar-refractivity contribution in [2.24, 2.45) is 0 Å². The topological polar surface area (TPSA) is 84.0 Å². The summed E-state index contributed by atoms with van der Waals surface area (Å²) in [6.07, 6.45) is 12.0. The van der Waals surface area contributed by atoms with Crippen molar-refractivity contribution in [3.63, 3.8) is 0 Å². The monoisotopic (exact) mass is 510 g/mol. The van der Waals surface area contributed by atoms with Crippen LogP contribution in [0.3, 0.4) is 0 Å². The summed E-state index contributed by atoms with van der Waals surface area (Å²) in [5.74, 6) is -0.316. The lowest BCUT2D eigenvalue weighted by molar-refractivity contribution is 0.0945. The Morgan fingerprint density at radius 1 is 0.605 bits per heavy atom. The van der Waals surface area contributed by atoms with Crippen LogP contribution >= 0.6 is 0 Å². The van der Waals surface area contributed by atoms with E-state index in [9.17, 15) is 9.59 Å². The molecule has 2 amide bonds. The highest BCUT2D eigenvalue weighted by Crippen LogP contribution is 2.34. The van der Waals surface area contributed by atoms with Gasteiger partial charge in [0.2, 0.25) is 0 Å². The second-order valence-electron chi connectivity index (χ2n) is 9.76. The molecule has 0 aliphatic rings. The van der Waals surface area contributed by atoms with Crippen LogP contribution in [0.1, 0.15) is 85.9 Å². The molecule has 0 atom stereocenters. The van der Waals surface area contributed by atoms with Gasteiger partial charge >= 0.3 is 0 Å². The summed E-state index contributed by atoms with van der Waals surface area (Å²) in [5, 5.41) is 7.74. The Morgan fingerprint density at radius 3 is 1.45 bits per heavy atom. The molecule has 0 aliphatic heterocycles. The molecule has 2 aromatic heterocycles. The van der Waals surface area contributed by atoms with E-state index in [1.807, 2.05) is 48.5 Å². The highest BCUT2D eigenvalue weighted by atomic mass is 16.2. The molecule has 0 unspecified atom stereocenters. The number of unbranched alkanes of at least 4 members (excludes halogenated alkanes) is 6. The van der Waals surface area contributed by atoms with Crippen LogP contribution in [0.2, 0.25) is 0 Å². The summed E-state index contributed by atoms with van der Waals surface area (Å²) in [4.78, 5) is 36.6. The number of carbonyl (C=O) groups excluding carboxylic acids is 2. The van der Waals surface area contributed by atoms with Crippen LogP contribution in [-0.4, -0.2) is 34.9 Å². The molecule has 0 aliphatic carbocycles. The summed E-state index contributed by atoms with van der Waals surface area (Å²) in [6.45, 7) is 5.56. The zero-order valence-corrected chi connectivity index (χ0v) is 22.6. The Labute approximate surface area is 225 Å². The van der Waals surface area contributed by atoms with E-state index in [2.05, 4.69) is 34.4 Å². The molecule has 0 saturated heterocycles. The third-order valence-electron chi connectivity index (χ3n) is 6.93. The Morgan fingerprint density at radius 2 is 1.03 bits per heavy atom. The van der Waals surface area contributed by atoms with E-state index in [1.165, 1.54) is 0 Å². The first-order chi connectivity index (χ1) is 18.7. The molecule has 2 heterocycles. The Hall–Kier alpha value is -3.80. The van der Waals surface area contributed by atoms with Gasteiger partial charge in [-0.05, 0) is 25.0 Å². The highest BCUT2D eigenvalue weighted by Gasteiger charge is 2.23. The predicted octanol–water partition coefficient (Wildman–Crippen LogP) is 7.07. The first-order valence-corrected chi connectivity index (χ1v) is 14.0. The van der Waals surface area contributed by atoms with Crippen molar-refractivity contribution in [1.29, 1.82) is 0 Å². The van der Waals surface area contributed by atoms with Gasteiger partial charge in [0.1, 0.15) is 0 Å². The van der Waals surface area contributed by atoms with E-state index in [1.54, 1.807) is 12.4 Å². The van der Waals surface area contributed by atoms with E-state index in [4.69, 9.17) is 0 Å². The molecule has 6 heteroatoms. The predicted molar refractivity (Wildman–Crippen MR) is 155 cm³/mol. The van der Waals surface area contributed by atoms with E-state index in [-0.39, 0.29) is 11.8 Å². The van der Waals surface area contributed by atoms with E-state index >= 15 is 0 Å². The number of para-hydroxylation sites is 2. The summed E-state index contributed by atoms with van der Waals surface area (Å²) in [7, 11) is 0. The molecule has 4 aromatic rings. The molecule has 0 bridgehead atoms. The summed E-state index contributed by atoms with van der Waals surface area (Å²) >= 11 is 0. The molecule has 4 rings (SSSR count). The number of amides is 2. The van der Waals surface area contributed by atoms with Crippen molar-refractivity contribution in [3.8, 4) is 11.1 Å². The van der Waals surface area contributed by atoms with Gasteiger partial charge in [-0.15, -0.1) is 0 Å². The van der Waals surface area contributed by atoms with Crippen LogP contribution in [-0.2, 0) is 0 Å². The van der Waals surface area contributed by atoms with Gasteiger partial charge in [0.25, 0.3) is 11.8 Å². The third-order valence-corrected chi connectivity index (χ3v) is 6.93. The standard InChI is InChI=1S/C32H38N4O2/c1-3-5-7-13-19-33-31(37)29-23-15-9-11-17-27(23)35-21-25(29)26-22-36-28-18-12-10-16-24(28)30(26)32(38)34-20-14-8-6-4-2/h9-12,15-18,21-22H,3-8,13-14,19-20H2,1-2H3,(H,33,37)(H,34,38). The molecular weight excluding hydrogens is 472 g/mol. The molecule has 198 valence electrons. The second kappa shape index (κ2) is 13.7. The summed E-state index contributed by atoms with van der Waals surface area (Å²) in [6, 6.07) is 15.3. The maximum atomic E-state index is 13.6. The lowest BCUT2D eigenvalue weighted by Crippen LogP contribution is -2.27. The van der Waals surface area contributed by atoms with Crippen LogP contribution in [0, 0.1) is 0 Å². The van der Waals surface area contributed by atoms with Gasteiger partial charge in [0, 0.05) is 47.4 Å². The molecule has 2 aromatic carbocycles. The number of hydrogen-bond donors (Lipinski definition) is 2. The molecule has 6 nitrogen and oxygen atoms in total. The van der Waals surface area contributed by atoms with Crippen LogP contribution in [0.15, 0.2) is 60.9 Å². The Balaban J connectivity index is 1.78. The van der Waals surface area contributed by atoms with Gasteiger partial charge < -0.3 is 10.6 Å². The van der Waals surface area contributed by atoms with E-state index < -0.39 is 0 Å². The average molecular weight is 511 g/mol. The van der Waals surface area contributed by atoms with Gasteiger partial charge in [-0.1, -0.05) is 88.8 Å². The maximum absolute atomic E-state index is 13.6. The lowest BCUT2D eigenvalue weighted by atomic mass is 9.92. The fourth-order valence-corrected chi connectivity index (χ4v) is 4.86. The summed E-state index contributed by atoms with van der Waals surface area (Å²) in [5.41, 5.74) is 3.76. The molecule has 0 spiro atoms. The number of benzene rings is 2. The fraction of sp³-hybridized carbons (Fsp3) is 0.375. The van der Waals surface area contributed by atoms with Crippen LogP contribution < -0.4 is 10.6 Å². The zero-order valence-electron chi connectivity index (χ0n) is 22.6. The van der Waals surface area contributed by atoms with Gasteiger partial charge in [0.15, 0.2) is 0 Å². The Bertz CT molecular complexity index is 1290. The molecule has 0 saturated carbocycles. The fourth-order valence-electron chi connectivity index (χ4n) is 4.86. The molecule has 0 fully saturated rings. The normalized spacial score (nSPS) is 11.1. The van der Waals surface area contributed by atoms with Crippen molar-refractivity contribution in [2.45, 2.75) is 65.2 Å². The van der Waals surface area contributed by atoms with Crippen LogP contribution in [0.25, 0.3) is 32.9 Å². The number of nitrogens with zero attached hydrogens (tertiary/aromatic N) is 2. The first-order valence-electron chi connectivity index (χ1n) is 14.0. The minimum atomic E-state index is -0.158. The largest absolute Gasteiger partial charge is 0.352 e. The van der Waals surface area contributed by atoms with Crippen molar-refractivity contribution in [1.82, 2.24) is 20.6 Å². The van der Waals surface area contributed by atoms with Gasteiger partial charge in [-0.25, -0.2) is 0 Å². The second-order valence-corrected chi connectivity index (χ2v) is 9.76. The van der Waals surface area contributed by atoms with Crippen LogP contribution in [0.5, 0.6) is 0 Å². The van der Waals surface area contributed by atoms with Crippen LogP contribution in [0.4, 0.5) is 0 Å². The third kappa shape index (κ3) is 6.36. The minimum Gasteiger partial charge on any atom is -0.352 e. The van der Waals surface area contributed by atoms with Gasteiger partial charge in [-0.3, -0.25) is 19.6 Å².